The van der Waals surface area contributed by atoms with Gasteiger partial charge in [-0.1, -0.05) is 19.1 Å². The van der Waals surface area contributed by atoms with Crippen LogP contribution in [0, 0.1) is 0 Å². The summed E-state index contributed by atoms with van der Waals surface area (Å²) in [5, 5.41) is 0. The third-order valence-electron chi connectivity index (χ3n) is 4.20. The predicted octanol–water partition coefficient (Wildman–Crippen LogP) is 3.35. The summed E-state index contributed by atoms with van der Waals surface area (Å²) in [7, 11) is 0. The van der Waals surface area contributed by atoms with Crippen LogP contribution < -0.4 is 9.47 Å². The minimum Gasteiger partial charge on any atom is -0.490 e. The molecule has 0 saturated carbocycles. The zero-order valence-electron chi connectivity index (χ0n) is 13.6. The molecule has 0 saturated heterocycles. The van der Waals surface area contributed by atoms with E-state index in [9.17, 15) is 0 Å². The first kappa shape index (κ1) is 14.8. The first-order valence-electron chi connectivity index (χ1n) is 8.18. The summed E-state index contributed by atoms with van der Waals surface area (Å²) >= 11 is 0. The van der Waals surface area contributed by atoms with Crippen molar-refractivity contribution in [2.45, 2.75) is 26.0 Å². The molecule has 0 N–H and O–H groups in total. The number of aryl methyl sites for hydroxylation is 1. The molecule has 5 heteroatoms. The second kappa shape index (κ2) is 6.35. The number of imidazole rings is 1. The molecule has 3 aromatic rings. The van der Waals surface area contributed by atoms with Crippen LogP contribution >= 0.6 is 0 Å². The quantitative estimate of drug-likeness (QED) is 0.723. The number of benzene rings is 1. The van der Waals surface area contributed by atoms with Crippen molar-refractivity contribution in [2.75, 3.05) is 6.61 Å². The lowest BCUT2D eigenvalue weighted by molar-refractivity contribution is 0.143. The SMILES string of the molecule is CCc1ccc(OC[C@@H]2Cn3c(-c4cccnc4)cnc3O2)cc1. The summed E-state index contributed by atoms with van der Waals surface area (Å²) in [4.78, 5) is 8.53. The van der Waals surface area contributed by atoms with Crippen LogP contribution in [0.25, 0.3) is 11.3 Å². The second-order valence-corrected chi connectivity index (χ2v) is 5.83. The van der Waals surface area contributed by atoms with E-state index in [2.05, 4.69) is 33.6 Å². The molecule has 0 spiro atoms. The van der Waals surface area contributed by atoms with E-state index in [1.165, 1.54) is 5.56 Å². The lowest BCUT2D eigenvalue weighted by Crippen LogP contribution is -2.23. The minimum atomic E-state index is -0.0324. The zero-order valence-corrected chi connectivity index (χ0v) is 13.6. The predicted molar refractivity (Wildman–Crippen MR) is 91.2 cm³/mol. The number of aromatic nitrogens is 3. The van der Waals surface area contributed by atoms with E-state index in [-0.39, 0.29) is 6.10 Å². The van der Waals surface area contributed by atoms with Gasteiger partial charge in [0.05, 0.1) is 18.4 Å². The number of rotatable bonds is 5. The molecule has 0 bridgehead atoms. The summed E-state index contributed by atoms with van der Waals surface area (Å²) in [6.07, 6.45) is 6.43. The molecule has 1 atom stereocenters. The van der Waals surface area contributed by atoms with E-state index < -0.39 is 0 Å². The average Bonchev–Trinajstić information content (AvgIpc) is 3.21. The number of hydrogen-bond donors (Lipinski definition) is 0. The molecule has 0 aliphatic carbocycles. The normalized spacial score (nSPS) is 15.8. The number of fused-ring (bicyclic) bond motifs is 1. The van der Waals surface area contributed by atoms with Crippen LogP contribution in [-0.2, 0) is 13.0 Å². The van der Waals surface area contributed by atoms with Gasteiger partial charge in [-0.15, -0.1) is 0 Å². The monoisotopic (exact) mass is 321 g/mol. The molecule has 5 nitrogen and oxygen atoms in total. The molecule has 3 heterocycles. The smallest absolute Gasteiger partial charge is 0.297 e. The van der Waals surface area contributed by atoms with Crippen LogP contribution in [-0.4, -0.2) is 27.2 Å². The standard InChI is InChI=1S/C19H19N3O2/c1-2-14-5-7-16(8-6-14)23-13-17-12-22-18(11-21-19(22)24-17)15-4-3-9-20-10-15/h3-11,17H,2,12-13H2,1H3/t17-/m0/s1. The second-order valence-electron chi connectivity index (χ2n) is 5.83. The third kappa shape index (κ3) is 2.85. The highest BCUT2D eigenvalue weighted by Gasteiger charge is 2.27. The van der Waals surface area contributed by atoms with Crippen LogP contribution in [0.15, 0.2) is 55.0 Å². The van der Waals surface area contributed by atoms with Crippen LogP contribution in [0.3, 0.4) is 0 Å². The van der Waals surface area contributed by atoms with Crippen molar-refractivity contribution in [3.8, 4) is 23.0 Å². The van der Waals surface area contributed by atoms with Gasteiger partial charge in [-0.05, 0) is 36.2 Å². The Kier molecular flexibility index (Phi) is 3.91. The largest absolute Gasteiger partial charge is 0.490 e. The Hall–Kier alpha value is -2.82. The molecule has 0 amide bonds. The summed E-state index contributed by atoms with van der Waals surface area (Å²) in [5.74, 6) is 0.868. The van der Waals surface area contributed by atoms with Crippen LogP contribution in [0.5, 0.6) is 11.8 Å². The lowest BCUT2D eigenvalue weighted by atomic mass is 10.2. The molecule has 24 heavy (non-hydrogen) atoms. The fraction of sp³-hybridized carbons (Fsp3) is 0.263. The molecule has 1 aromatic carbocycles. The maximum atomic E-state index is 5.88. The Balaban J connectivity index is 1.41. The Morgan fingerprint density at radius 1 is 1.21 bits per heavy atom. The molecule has 122 valence electrons. The third-order valence-corrected chi connectivity index (χ3v) is 4.20. The van der Waals surface area contributed by atoms with E-state index in [4.69, 9.17) is 9.47 Å². The lowest BCUT2D eigenvalue weighted by Gasteiger charge is -2.12. The Morgan fingerprint density at radius 3 is 2.83 bits per heavy atom. The van der Waals surface area contributed by atoms with Crippen LogP contribution in [0.2, 0.25) is 0 Å². The van der Waals surface area contributed by atoms with Crippen molar-refractivity contribution in [1.82, 2.24) is 14.5 Å². The highest BCUT2D eigenvalue weighted by molar-refractivity contribution is 5.58. The molecule has 1 aliphatic rings. The van der Waals surface area contributed by atoms with E-state index in [0.717, 1.165) is 30.0 Å². The van der Waals surface area contributed by atoms with Gasteiger partial charge in [0.15, 0.2) is 6.10 Å². The summed E-state index contributed by atoms with van der Waals surface area (Å²) in [6.45, 7) is 3.37. The molecular formula is C19H19N3O2. The van der Waals surface area contributed by atoms with Gasteiger partial charge in [0.2, 0.25) is 0 Å². The van der Waals surface area contributed by atoms with Crippen molar-refractivity contribution in [3.05, 3.63) is 60.6 Å². The highest BCUT2D eigenvalue weighted by Crippen LogP contribution is 2.29. The van der Waals surface area contributed by atoms with E-state index in [1.54, 1.807) is 6.20 Å². The van der Waals surface area contributed by atoms with Gasteiger partial charge in [0.25, 0.3) is 6.01 Å². The Bertz CT molecular complexity index is 812. The zero-order chi connectivity index (χ0) is 16.4. The molecule has 0 unspecified atom stereocenters. The fourth-order valence-electron chi connectivity index (χ4n) is 2.86. The summed E-state index contributed by atoms with van der Waals surface area (Å²) in [6, 6.07) is 12.8. The van der Waals surface area contributed by atoms with Crippen LogP contribution in [0.4, 0.5) is 0 Å². The van der Waals surface area contributed by atoms with Gasteiger partial charge in [-0.2, -0.15) is 0 Å². The topological polar surface area (TPSA) is 49.2 Å². The Labute approximate surface area is 140 Å². The van der Waals surface area contributed by atoms with Gasteiger partial charge >= 0.3 is 0 Å². The number of ether oxygens (including phenoxy) is 2. The Morgan fingerprint density at radius 2 is 2.08 bits per heavy atom. The molecular weight excluding hydrogens is 302 g/mol. The number of hydrogen-bond acceptors (Lipinski definition) is 4. The van der Waals surface area contributed by atoms with Crippen molar-refractivity contribution >= 4 is 0 Å². The van der Waals surface area contributed by atoms with Crippen molar-refractivity contribution in [1.29, 1.82) is 0 Å². The van der Waals surface area contributed by atoms with Gasteiger partial charge in [0.1, 0.15) is 12.4 Å². The maximum Gasteiger partial charge on any atom is 0.297 e. The van der Waals surface area contributed by atoms with E-state index in [1.807, 2.05) is 36.7 Å². The number of pyridine rings is 1. The van der Waals surface area contributed by atoms with Crippen LogP contribution in [0.1, 0.15) is 12.5 Å². The van der Waals surface area contributed by atoms with Gasteiger partial charge in [0, 0.05) is 18.0 Å². The minimum absolute atomic E-state index is 0.0324. The molecule has 4 rings (SSSR count). The highest BCUT2D eigenvalue weighted by atomic mass is 16.6. The molecule has 0 radical (unpaired) electrons. The molecule has 0 fully saturated rings. The number of nitrogens with zero attached hydrogens (tertiary/aromatic N) is 3. The van der Waals surface area contributed by atoms with Crippen molar-refractivity contribution in [3.63, 3.8) is 0 Å². The first-order chi connectivity index (χ1) is 11.8. The van der Waals surface area contributed by atoms with Crippen molar-refractivity contribution < 1.29 is 9.47 Å². The summed E-state index contributed by atoms with van der Waals surface area (Å²) < 4.78 is 13.8. The van der Waals surface area contributed by atoms with Gasteiger partial charge < -0.3 is 9.47 Å². The van der Waals surface area contributed by atoms with Gasteiger partial charge in [-0.25, -0.2) is 4.98 Å². The molecule has 2 aromatic heterocycles. The molecule has 1 aliphatic heterocycles. The van der Waals surface area contributed by atoms with E-state index >= 15 is 0 Å². The summed E-state index contributed by atoms with van der Waals surface area (Å²) in [5.41, 5.74) is 3.37. The average molecular weight is 321 g/mol. The maximum absolute atomic E-state index is 5.88. The van der Waals surface area contributed by atoms with Crippen molar-refractivity contribution in [2.24, 2.45) is 0 Å². The van der Waals surface area contributed by atoms with E-state index in [0.29, 0.717) is 12.6 Å². The fourth-order valence-corrected chi connectivity index (χ4v) is 2.86. The first-order valence-corrected chi connectivity index (χ1v) is 8.18. The van der Waals surface area contributed by atoms with Gasteiger partial charge in [-0.3, -0.25) is 9.55 Å².